The van der Waals surface area contributed by atoms with Gasteiger partial charge >= 0.3 is 5.97 Å². The molecule has 3 aromatic rings. The fourth-order valence-corrected chi connectivity index (χ4v) is 3.10. The van der Waals surface area contributed by atoms with Crippen LogP contribution in [0.15, 0.2) is 48.5 Å². The lowest BCUT2D eigenvalue weighted by Crippen LogP contribution is -2.13. The van der Waals surface area contributed by atoms with Crippen LogP contribution in [0.1, 0.15) is 20.0 Å². The van der Waals surface area contributed by atoms with Crippen LogP contribution in [0.5, 0.6) is 0 Å². The average molecular weight is 349 g/mol. The SMILES string of the molecule is O=C(COC(=O)c1cc2cc(F)ccc2s1)c1ccc(Cl)cc1. The summed E-state index contributed by atoms with van der Waals surface area (Å²) >= 11 is 6.95. The minimum atomic E-state index is -0.603. The van der Waals surface area contributed by atoms with Crippen molar-refractivity contribution in [3.8, 4) is 0 Å². The number of halogens is 2. The van der Waals surface area contributed by atoms with Gasteiger partial charge in [0.2, 0.25) is 0 Å². The third-order valence-corrected chi connectivity index (χ3v) is 4.53. The molecule has 0 saturated carbocycles. The van der Waals surface area contributed by atoms with Crippen LogP contribution in [-0.4, -0.2) is 18.4 Å². The largest absolute Gasteiger partial charge is 0.453 e. The predicted octanol–water partition coefficient (Wildman–Crippen LogP) is 4.73. The summed E-state index contributed by atoms with van der Waals surface area (Å²) in [6.07, 6.45) is 0. The number of carbonyl (C=O) groups excluding carboxylic acids is 2. The van der Waals surface area contributed by atoms with Crippen molar-refractivity contribution in [3.05, 3.63) is 69.8 Å². The monoisotopic (exact) mass is 348 g/mol. The highest BCUT2D eigenvalue weighted by atomic mass is 35.5. The van der Waals surface area contributed by atoms with Gasteiger partial charge < -0.3 is 4.74 Å². The Kier molecular flexibility index (Phi) is 4.41. The molecule has 0 amide bonds. The van der Waals surface area contributed by atoms with Gasteiger partial charge in [0.15, 0.2) is 12.4 Å². The highest BCUT2D eigenvalue weighted by Gasteiger charge is 2.15. The van der Waals surface area contributed by atoms with E-state index in [2.05, 4.69) is 0 Å². The number of fused-ring (bicyclic) bond motifs is 1. The summed E-state index contributed by atoms with van der Waals surface area (Å²) in [4.78, 5) is 24.3. The Bertz CT molecular complexity index is 886. The van der Waals surface area contributed by atoms with E-state index in [-0.39, 0.29) is 18.2 Å². The third kappa shape index (κ3) is 3.57. The summed E-state index contributed by atoms with van der Waals surface area (Å²) in [6.45, 7) is -0.358. The quantitative estimate of drug-likeness (QED) is 0.505. The Morgan fingerprint density at radius 3 is 2.57 bits per heavy atom. The van der Waals surface area contributed by atoms with Crippen LogP contribution in [0.2, 0.25) is 5.02 Å². The smallest absolute Gasteiger partial charge is 0.348 e. The van der Waals surface area contributed by atoms with Crippen molar-refractivity contribution in [2.24, 2.45) is 0 Å². The molecule has 0 aliphatic rings. The molecule has 0 fully saturated rings. The van der Waals surface area contributed by atoms with Crippen molar-refractivity contribution >= 4 is 44.8 Å². The number of thiophene rings is 1. The minimum Gasteiger partial charge on any atom is -0.453 e. The number of esters is 1. The van der Waals surface area contributed by atoms with Gasteiger partial charge in [-0.1, -0.05) is 11.6 Å². The zero-order valence-electron chi connectivity index (χ0n) is 11.7. The number of carbonyl (C=O) groups is 2. The van der Waals surface area contributed by atoms with Crippen LogP contribution in [0.25, 0.3) is 10.1 Å². The fraction of sp³-hybridized carbons (Fsp3) is 0.0588. The Hall–Kier alpha value is -2.24. The molecule has 23 heavy (non-hydrogen) atoms. The summed E-state index contributed by atoms with van der Waals surface area (Å²) in [6, 6.07) is 12.2. The highest BCUT2D eigenvalue weighted by molar-refractivity contribution is 7.20. The van der Waals surface area contributed by atoms with E-state index in [1.807, 2.05) is 0 Å². The van der Waals surface area contributed by atoms with Gasteiger partial charge in [-0.25, -0.2) is 9.18 Å². The van der Waals surface area contributed by atoms with Crippen LogP contribution < -0.4 is 0 Å². The van der Waals surface area contributed by atoms with Crippen molar-refractivity contribution in [2.45, 2.75) is 0 Å². The van der Waals surface area contributed by atoms with Gasteiger partial charge in [0, 0.05) is 15.3 Å². The van der Waals surface area contributed by atoms with Crippen LogP contribution in [-0.2, 0) is 4.74 Å². The number of ether oxygens (including phenoxy) is 1. The molecule has 1 aromatic heterocycles. The second-order valence-corrected chi connectivity index (χ2v) is 6.32. The molecule has 6 heteroatoms. The summed E-state index contributed by atoms with van der Waals surface area (Å²) in [7, 11) is 0. The molecule has 0 atom stereocenters. The molecule has 0 unspecified atom stereocenters. The number of ketones is 1. The number of rotatable bonds is 4. The lowest BCUT2D eigenvalue weighted by atomic mass is 10.1. The maximum Gasteiger partial charge on any atom is 0.348 e. The maximum atomic E-state index is 13.2. The second kappa shape index (κ2) is 6.48. The highest BCUT2D eigenvalue weighted by Crippen LogP contribution is 2.26. The lowest BCUT2D eigenvalue weighted by Gasteiger charge is -2.03. The van der Waals surface area contributed by atoms with E-state index in [1.165, 1.54) is 23.5 Å². The first kappa shape index (κ1) is 15.6. The van der Waals surface area contributed by atoms with E-state index in [0.29, 0.717) is 20.8 Å². The lowest BCUT2D eigenvalue weighted by molar-refractivity contribution is 0.0479. The molecule has 116 valence electrons. The van der Waals surface area contributed by atoms with E-state index >= 15 is 0 Å². The molecule has 0 N–H and O–H groups in total. The molecule has 3 nitrogen and oxygen atoms in total. The van der Waals surface area contributed by atoms with Gasteiger partial charge in [-0.05, 0) is 53.9 Å². The van der Waals surface area contributed by atoms with Crippen molar-refractivity contribution in [2.75, 3.05) is 6.61 Å². The third-order valence-electron chi connectivity index (χ3n) is 3.18. The Morgan fingerprint density at radius 1 is 1.09 bits per heavy atom. The maximum absolute atomic E-state index is 13.2. The molecule has 0 aliphatic carbocycles. The van der Waals surface area contributed by atoms with Crippen LogP contribution >= 0.6 is 22.9 Å². The van der Waals surface area contributed by atoms with E-state index in [1.54, 1.807) is 36.4 Å². The normalized spacial score (nSPS) is 10.7. The summed E-state index contributed by atoms with van der Waals surface area (Å²) < 4.78 is 19.0. The average Bonchev–Trinajstić information content (AvgIpc) is 2.96. The Morgan fingerprint density at radius 2 is 1.83 bits per heavy atom. The van der Waals surface area contributed by atoms with Gasteiger partial charge in [-0.3, -0.25) is 4.79 Å². The Labute approximate surface area is 140 Å². The van der Waals surface area contributed by atoms with E-state index in [9.17, 15) is 14.0 Å². The number of Topliss-reactive ketones (excluding diaryl/α,β-unsaturated/α-hetero) is 1. The van der Waals surface area contributed by atoms with Gasteiger partial charge in [0.05, 0.1) is 0 Å². The molecular formula is C17H10ClFO3S. The van der Waals surface area contributed by atoms with Gasteiger partial charge in [0.1, 0.15) is 10.7 Å². The van der Waals surface area contributed by atoms with Gasteiger partial charge in [0.25, 0.3) is 0 Å². The van der Waals surface area contributed by atoms with Crippen LogP contribution in [0.4, 0.5) is 4.39 Å². The first-order valence-electron chi connectivity index (χ1n) is 6.68. The molecule has 0 bridgehead atoms. The predicted molar refractivity (Wildman–Crippen MR) is 87.8 cm³/mol. The topological polar surface area (TPSA) is 43.4 Å². The minimum absolute atomic E-state index is 0.317. The van der Waals surface area contributed by atoms with E-state index < -0.39 is 5.97 Å². The number of hydrogen-bond acceptors (Lipinski definition) is 4. The van der Waals surface area contributed by atoms with Crippen molar-refractivity contribution in [3.63, 3.8) is 0 Å². The second-order valence-electron chi connectivity index (χ2n) is 4.80. The van der Waals surface area contributed by atoms with Gasteiger partial charge in [-0.2, -0.15) is 0 Å². The first-order chi connectivity index (χ1) is 11.0. The number of hydrogen-bond donors (Lipinski definition) is 0. The fourth-order valence-electron chi connectivity index (χ4n) is 2.04. The zero-order valence-corrected chi connectivity index (χ0v) is 13.3. The van der Waals surface area contributed by atoms with E-state index in [0.717, 1.165) is 4.70 Å². The summed E-state index contributed by atoms with van der Waals surface area (Å²) in [5.74, 6) is -1.29. The van der Waals surface area contributed by atoms with Crippen LogP contribution in [0, 0.1) is 5.82 Å². The van der Waals surface area contributed by atoms with Gasteiger partial charge in [-0.15, -0.1) is 11.3 Å². The van der Waals surface area contributed by atoms with E-state index in [4.69, 9.17) is 16.3 Å². The zero-order chi connectivity index (χ0) is 16.4. The Balaban J connectivity index is 1.68. The summed E-state index contributed by atoms with van der Waals surface area (Å²) in [5, 5.41) is 1.15. The molecule has 0 aliphatic heterocycles. The summed E-state index contributed by atoms with van der Waals surface area (Å²) in [5.41, 5.74) is 0.417. The van der Waals surface area contributed by atoms with Crippen LogP contribution in [0.3, 0.4) is 0 Å². The van der Waals surface area contributed by atoms with Crippen molar-refractivity contribution in [1.29, 1.82) is 0 Å². The van der Waals surface area contributed by atoms with Crippen molar-refractivity contribution < 1.29 is 18.7 Å². The standard InChI is InChI=1S/C17H10ClFO3S/c18-12-3-1-10(2-4-12)14(20)9-22-17(21)16-8-11-7-13(19)5-6-15(11)23-16/h1-8H,9H2. The molecule has 0 radical (unpaired) electrons. The first-order valence-corrected chi connectivity index (χ1v) is 7.87. The molecule has 3 rings (SSSR count). The van der Waals surface area contributed by atoms with Crippen molar-refractivity contribution in [1.82, 2.24) is 0 Å². The molecule has 0 spiro atoms. The molecule has 2 aromatic carbocycles. The molecular weight excluding hydrogens is 339 g/mol. The number of benzene rings is 2. The molecule has 1 heterocycles. The molecule has 0 saturated heterocycles.